The SMILES string of the molecule is CC.COc1ccc(C)cc1-c1ccc2c(c1)CCN(CC(=O)N1CCN(C3CCCC3)CC1)C2. The quantitative estimate of drug-likeness (QED) is 0.597. The third-order valence-electron chi connectivity index (χ3n) is 7.83. The molecule has 2 aliphatic heterocycles. The number of aryl methyl sites for hydroxylation is 1. The van der Waals surface area contributed by atoms with Crippen molar-refractivity contribution >= 4 is 5.91 Å². The van der Waals surface area contributed by atoms with Gasteiger partial charge in [0.15, 0.2) is 0 Å². The number of methoxy groups -OCH3 is 1. The predicted molar refractivity (Wildman–Crippen MR) is 144 cm³/mol. The molecule has 0 atom stereocenters. The highest BCUT2D eigenvalue weighted by atomic mass is 16.5. The summed E-state index contributed by atoms with van der Waals surface area (Å²) in [4.78, 5) is 20.0. The van der Waals surface area contributed by atoms with Gasteiger partial charge in [-0.1, -0.05) is 56.5 Å². The second-order valence-electron chi connectivity index (χ2n) is 10.0. The van der Waals surface area contributed by atoms with Crippen molar-refractivity contribution in [3.8, 4) is 16.9 Å². The van der Waals surface area contributed by atoms with Gasteiger partial charge in [-0.05, 0) is 55.0 Å². The number of rotatable bonds is 5. The van der Waals surface area contributed by atoms with E-state index in [1.165, 1.54) is 47.9 Å². The van der Waals surface area contributed by atoms with E-state index < -0.39 is 0 Å². The Morgan fingerprint density at radius 1 is 0.943 bits per heavy atom. The van der Waals surface area contributed by atoms with Crippen LogP contribution in [0.3, 0.4) is 0 Å². The molecule has 2 aromatic carbocycles. The fraction of sp³-hybridized carbons (Fsp3) is 0.567. The molecule has 5 rings (SSSR count). The van der Waals surface area contributed by atoms with Gasteiger partial charge >= 0.3 is 0 Å². The predicted octanol–water partition coefficient (Wildman–Crippen LogP) is 5.14. The Balaban J connectivity index is 0.00000141. The summed E-state index contributed by atoms with van der Waals surface area (Å²) in [5.41, 5.74) is 6.33. The normalized spacial score (nSPS) is 19.1. The summed E-state index contributed by atoms with van der Waals surface area (Å²) in [5, 5.41) is 0. The molecule has 2 heterocycles. The summed E-state index contributed by atoms with van der Waals surface area (Å²) in [6.07, 6.45) is 6.43. The molecule has 1 aliphatic carbocycles. The Bertz CT molecular complexity index is 991. The highest BCUT2D eigenvalue weighted by molar-refractivity contribution is 5.78. The van der Waals surface area contributed by atoms with Crippen molar-refractivity contribution in [3.63, 3.8) is 0 Å². The number of hydrogen-bond donors (Lipinski definition) is 0. The highest BCUT2D eigenvalue weighted by Gasteiger charge is 2.29. The zero-order chi connectivity index (χ0) is 24.8. The molecule has 0 radical (unpaired) electrons. The van der Waals surface area contributed by atoms with Crippen LogP contribution in [-0.2, 0) is 17.8 Å². The molecular weight excluding hydrogens is 434 g/mol. The topological polar surface area (TPSA) is 36.0 Å². The molecule has 0 aromatic heterocycles. The summed E-state index contributed by atoms with van der Waals surface area (Å²) >= 11 is 0. The lowest BCUT2D eigenvalue weighted by molar-refractivity contribution is -0.134. The van der Waals surface area contributed by atoms with Gasteiger partial charge < -0.3 is 9.64 Å². The van der Waals surface area contributed by atoms with Crippen molar-refractivity contribution in [2.45, 2.75) is 65.5 Å². The first-order chi connectivity index (χ1) is 17.1. The number of carbonyl (C=O) groups excluding carboxylic acids is 1. The van der Waals surface area contributed by atoms with Gasteiger partial charge in [0.05, 0.1) is 13.7 Å². The Morgan fingerprint density at radius 3 is 2.40 bits per heavy atom. The summed E-state index contributed by atoms with van der Waals surface area (Å²) in [5.74, 6) is 1.21. The maximum absolute atomic E-state index is 13.0. The van der Waals surface area contributed by atoms with Gasteiger partial charge in [0.1, 0.15) is 5.75 Å². The van der Waals surface area contributed by atoms with E-state index >= 15 is 0 Å². The van der Waals surface area contributed by atoms with Gasteiger partial charge in [0.25, 0.3) is 0 Å². The van der Waals surface area contributed by atoms with Crippen molar-refractivity contribution in [3.05, 3.63) is 53.1 Å². The fourth-order valence-corrected chi connectivity index (χ4v) is 5.86. The Kier molecular flexibility index (Phi) is 8.85. The van der Waals surface area contributed by atoms with E-state index in [1.54, 1.807) is 7.11 Å². The summed E-state index contributed by atoms with van der Waals surface area (Å²) in [7, 11) is 1.73. The van der Waals surface area contributed by atoms with E-state index in [2.05, 4.69) is 52.0 Å². The molecule has 0 spiro atoms. The second kappa shape index (κ2) is 12.0. The highest BCUT2D eigenvalue weighted by Crippen LogP contribution is 2.33. The van der Waals surface area contributed by atoms with E-state index in [1.807, 2.05) is 19.9 Å². The largest absolute Gasteiger partial charge is 0.496 e. The van der Waals surface area contributed by atoms with Crippen molar-refractivity contribution < 1.29 is 9.53 Å². The van der Waals surface area contributed by atoms with Crippen molar-refractivity contribution in [1.82, 2.24) is 14.7 Å². The molecule has 2 aromatic rings. The Morgan fingerprint density at radius 2 is 1.69 bits per heavy atom. The molecule has 190 valence electrons. The average molecular weight is 478 g/mol. The van der Waals surface area contributed by atoms with Crippen LogP contribution in [0.2, 0.25) is 0 Å². The van der Waals surface area contributed by atoms with Crippen LogP contribution in [-0.4, -0.2) is 73.0 Å². The number of ether oxygens (including phenoxy) is 1. The van der Waals surface area contributed by atoms with Crippen LogP contribution in [0.1, 0.15) is 56.2 Å². The molecule has 1 saturated carbocycles. The first kappa shape index (κ1) is 25.7. The molecular formula is C30H43N3O2. The number of nitrogens with zero attached hydrogens (tertiary/aromatic N) is 3. The van der Waals surface area contributed by atoms with Crippen molar-refractivity contribution in [2.24, 2.45) is 0 Å². The Labute approximate surface area is 212 Å². The third-order valence-corrected chi connectivity index (χ3v) is 7.83. The maximum Gasteiger partial charge on any atom is 0.236 e. The molecule has 1 saturated heterocycles. The number of piperazine rings is 1. The summed E-state index contributed by atoms with van der Waals surface area (Å²) < 4.78 is 5.60. The van der Waals surface area contributed by atoms with Crippen LogP contribution in [0.25, 0.3) is 11.1 Å². The summed E-state index contributed by atoms with van der Waals surface area (Å²) in [6, 6.07) is 13.8. The number of hydrogen-bond acceptors (Lipinski definition) is 4. The lowest BCUT2D eigenvalue weighted by atomic mass is 9.93. The fourth-order valence-electron chi connectivity index (χ4n) is 5.86. The monoisotopic (exact) mass is 477 g/mol. The molecule has 3 aliphatic rings. The van der Waals surface area contributed by atoms with Crippen LogP contribution in [0, 0.1) is 6.92 Å². The van der Waals surface area contributed by atoms with Gasteiger partial charge in [-0.2, -0.15) is 0 Å². The minimum absolute atomic E-state index is 0.297. The standard InChI is InChI=1S/C28H37N3O2.C2H6/c1-21-7-10-27(33-2)26(17-21)23-8-9-24-19-29(12-11-22(24)18-23)20-28(32)31-15-13-30(14-16-31)25-5-3-4-6-25;1-2/h7-10,17-18,25H,3-6,11-16,19-20H2,1-2H3;1-2H3. The van der Waals surface area contributed by atoms with Crippen LogP contribution < -0.4 is 4.74 Å². The molecule has 35 heavy (non-hydrogen) atoms. The zero-order valence-electron chi connectivity index (χ0n) is 22.2. The molecule has 0 N–H and O–H groups in total. The number of carbonyl (C=O) groups is 1. The van der Waals surface area contributed by atoms with E-state index in [0.717, 1.165) is 63.0 Å². The van der Waals surface area contributed by atoms with Crippen LogP contribution >= 0.6 is 0 Å². The summed E-state index contributed by atoms with van der Waals surface area (Å²) in [6.45, 7) is 12.3. The van der Waals surface area contributed by atoms with Gasteiger partial charge in [0.2, 0.25) is 5.91 Å². The van der Waals surface area contributed by atoms with E-state index in [-0.39, 0.29) is 0 Å². The van der Waals surface area contributed by atoms with Crippen molar-refractivity contribution in [1.29, 1.82) is 0 Å². The van der Waals surface area contributed by atoms with Gasteiger partial charge in [0, 0.05) is 50.9 Å². The van der Waals surface area contributed by atoms with Crippen LogP contribution in [0.5, 0.6) is 5.75 Å². The first-order valence-electron chi connectivity index (χ1n) is 13.6. The van der Waals surface area contributed by atoms with E-state index in [9.17, 15) is 4.79 Å². The average Bonchev–Trinajstić information content (AvgIpc) is 3.45. The van der Waals surface area contributed by atoms with Crippen LogP contribution in [0.15, 0.2) is 36.4 Å². The third kappa shape index (κ3) is 6.07. The first-order valence-corrected chi connectivity index (χ1v) is 13.6. The van der Waals surface area contributed by atoms with Crippen molar-refractivity contribution in [2.75, 3.05) is 46.4 Å². The minimum Gasteiger partial charge on any atom is -0.496 e. The molecule has 5 nitrogen and oxygen atoms in total. The van der Waals surface area contributed by atoms with Crippen LogP contribution in [0.4, 0.5) is 0 Å². The Hall–Kier alpha value is -2.37. The number of amides is 1. The minimum atomic E-state index is 0.297. The second-order valence-corrected chi connectivity index (χ2v) is 10.0. The van der Waals surface area contributed by atoms with Gasteiger partial charge in [-0.3, -0.25) is 14.6 Å². The lowest BCUT2D eigenvalue weighted by Gasteiger charge is -2.39. The van der Waals surface area contributed by atoms with Gasteiger partial charge in [-0.15, -0.1) is 0 Å². The smallest absolute Gasteiger partial charge is 0.236 e. The lowest BCUT2D eigenvalue weighted by Crippen LogP contribution is -2.53. The number of benzene rings is 2. The number of fused-ring (bicyclic) bond motifs is 1. The molecule has 0 bridgehead atoms. The molecule has 2 fully saturated rings. The van der Waals surface area contributed by atoms with Gasteiger partial charge in [-0.25, -0.2) is 0 Å². The zero-order valence-corrected chi connectivity index (χ0v) is 22.2. The van der Waals surface area contributed by atoms with E-state index in [4.69, 9.17) is 4.74 Å². The maximum atomic E-state index is 13.0. The molecule has 0 unspecified atom stereocenters. The van der Waals surface area contributed by atoms with E-state index in [0.29, 0.717) is 12.5 Å². The molecule has 1 amide bonds. The molecule has 5 heteroatoms.